The number of hydrogen-bond acceptors (Lipinski definition) is 6. The molecule has 1 aliphatic carbocycles. The third-order valence-electron chi connectivity index (χ3n) is 4.72. The van der Waals surface area contributed by atoms with Crippen LogP contribution in [0, 0.1) is 0 Å². The molecule has 0 atom stereocenters. The normalized spacial score (nSPS) is 16.5. The molecule has 8 heteroatoms. The number of Topliss-reactive ketones (excluding diaryl/α,β-unsaturated/α-hetero) is 2. The minimum absolute atomic E-state index is 0.176. The zero-order valence-electron chi connectivity index (χ0n) is 15.0. The van der Waals surface area contributed by atoms with E-state index in [0.717, 1.165) is 0 Å². The number of rotatable bonds is 4. The van der Waals surface area contributed by atoms with Gasteiger partial charge in [-0.2, -0.15) is 0 Å². The Morgan fingerprint density at radius 1 is 0.964 bits per heavy atom. The van der Waals surface area contributed by atoms with Gasteiger partial charge in [-0.3, -0.25) is 9.59 Å². The second kappa shape index (κ2) is 7.56. The van der Waals surface area contributed by atoms with Gasteiger partial charge in [0.15, 0.2) is 0 Å². The van der Waals surface area contributed by atoms with Crippen LogP contribution in [0.3, 0.4) is 0 Å². The summed E-state index contributed by atoms with van der Waals surface area (Å²) in [5, 5.41) is 6.65. The predicted octanol–water partition coefficient (Wildman–Crippen LogP) is 3.66. The van der Waals surface area contributed by atoms with Crippen molar-refractivity contribution in [3.05, 3.63) is 81.5 Å². The lowest BCUT2D eigenvalue weighted by atomic mass is 9.89. The lowest BCUT2D eigenvalue weighted by Crippen LogP contribution is -2.42. The van der Waals surface area contributed by atoms with Crippen molar-refractivity contribution >= 4 is 22.9 Å². The Hall–Kier alpha value is -3.61. The van der Waals surface area contributed by atoms with Gasteiger partial charge >= 0.3 is 0 Å². The molecule has 0 spiro atoms. The number of hydrogen-bond donors (Lipinski definition) is 1. The lowest BCUT2D eigenvalue weighted by molar-refractivity contribution is 0.0496. The first kappa shape index (κ1) is 17.8. The topological polar surface area (TPSA) is 107 Å². The zero-order valence-corrected chi connectivity index (χ0v) is 15.0. The maximum Gasteiger partial charge on any atom is 0.212 e. The second-order valence-corrected chi connectivity index (χ2v) is 6.39. The number of fused-ring (bicyclic) bond motifs is 1. The quantitative estimate of drug-likeness (QED) is 0.498. The van der Waals surface area contributed by atoms with E-state index in [2.05, 4.69) is 15.3 Å². The summed E-state index contributed by atoms with van der Waals surface area (Å²) < 4.78 is 5.39. The van der Waals surface area contributed by atoms with Crippen LogP contribution in [0.25, 0.3) is 10.4 Å². The van der Waals surface area contributed by atoms with Gasteiger partial charge in [-0.05, 0) is 17.7 Å². The van der Waals surface area contributed by atoms with Gasteiger partial charge in [0.2, 0.25) is 11.6 Å². The number of nitrogens with zero attached hydrogens (tertiary/aromatic N) is 4. The highest BCUT2D eigenvalue weighted by Crippen LogP contribution is 2.30. The summed E-state index contributed by atoms with van der Waals surface area (Å²) in [5.74, 6) is -0.402. The molecule has 0 unspecified atom stereocenters. The molecule has 0 amide bonds. The van der Waals surface area contributed by atoms with Crippen LogP contribution in [0.15, 0.2) is 65.0 Å². The van der Waals surface area contributed by atoms with E-state index in [1.807, 2.05) is 4.90 Å². The molecule has 8 nitrogen and oxygen atoms in total. The van der Waals surface area contributed by atoms with Crippen LogP contribution in [0.2, 0.25) is 0 Å². The molecule has 0 saturated carbocycles. The Balaban J connectivity index is 1.77. The molecule has 0 bridgehead atoms. The zero-order chi connectivity index (χ0) is 19.5. The molecule has 1 heterocycles. The first-order valence-electron chi connectivity index (χ1n) is 8.86. The molecule has 2 aromatic rings. The van der Waals surface area contributed by atoms with Crippen molar-refractivity contribution in [2.45, 2.75) is 0 Å². The van der Waals surface area contributed by atoms with Crippen molar-refractivity contribution in [3.63, 3.8) is 0 Å². The van der Waals surface area contributed by atoms with Gasteiger partial charge in [-0.25, -0.2) is 0 Å². The van der Waals surface area contributed by atoms with Gasteiger partial charge in [0.25, 0.3) is 0 Å². The van der Waals surface area contributed by atoms with Gasteiger partial charge in [0.1, 0.15) is 11.4 Å². The second-order valence-electron chi connectivity index (χ2n) is 6.39. The van der Waals surface area contributed by atoms with E-state index >= 15 is 0 Å². The minimum Gasteiger partial charge on any atom is -0.378 e. The van der Waals surface area contributed by atoms with Gasteiger partial charge in [0.05, 0.1) is 13.2 Å². The molecular weight excluding hydrogens is 358 g/mol. The Morgan fingerprint density at radius 2 is 1.61 bits per heavy atom. The summed E-state index contributed by atoms with van der Waals surface area (Å²) in [5.41, 5.74) is 11.0. The largest absolute Gasteiger partial charge is 0.378 e. The van der Waals surface area contributed by atoms with Crippen LogP contribution < -0.4 is 5.32 Å². The molecule has 1 aliphatic heterocycles. The molecular formula is C20H17N5O3. The number of nitrogens with one attached hydrogen (secondary N) is 1. The number of carbonyl (C=O) groups excluding carboxylic acids is 2. The molecule has 2 aliphatic rings. The third kappa shape index (κ3) is 3.22. The number of allylic oxidation sites excluding steroid dienone is 2. The molecule has 1 N–H and O–H groups in total. The maximum absolute atomic E-state index is 13.2. The average molecular weight is 375 g/mol. The summed E-state index contributed by atoms with van der Waals surface area (Å²) in [7, 11) is 0. The molecule has 0 radical (unpaired) electrons. The van der Waals surface area contributed by atoms with Crippen LogP contribution in [0.1, 0.15) is 20.7 Å². The van der Waals surface area contributed by atoms with E-state index in [-0.39, 0.29) is 17.3 Å². The molecule has 0 aromatic heterocycles. The Kier molecular flexibility index (Phi) is 4.80. The van der Waals surface area contributed by atoms with Gasteiger partial charge < -0.3 is 15.0 Å². The first-order valence-corrected chi connectivity index (χ1v) is 8.86. The van der Waals surface area contributed by atoms with Crippen LogP contribution in [-0.4, -0.2) is 42.8 Å². The third-order valence-corrected chi connectivity index (χ3v) is 4.72. The fourth-order valence-corrected chi connectivity index (χ4v) is 3.37. The van der Waals surface area contributed by atoms with E-state index in [0.29, 0.717) is 54.5 Å². The smallest absolute Gasteiger partial charge is 0.212 e. The maximum atomic E-state index is 13.2. The van der Waals surface area contributed by atoms with Gasteiger partial charge in [0, 0.05) is 40.5 Å². The molecule has 2 aromatic carbocycles. The van der Waals surface area contributed by atoms with Crippen molar-refractivity contribution in [1.82, 2.24) is 4.90 Å². The SMILES string of the molecule is [N-]=[N+]=Nc1ccc(NC2=C(N3CCOCC3)C(=O)c3ccccc3C2=O)cc1. The highest BCUT2D eigenvalue weighted by Gasteiger charge is 2.35. The number of anilines is 1. The summed E-state index contributed by atoms with van der Waals surface area (Å²) in [6.07, 6.45) is 0. The lowest BCUT2D eigenvalue weighted by Gasteiger charge is -2.34. The van der Waals surface area contributed by atoms with Crippen LogP contribution >= 0.6 is 0 Å². The van der Waals surface area contributed by atoms with Crippen molar-refractivity contribution < 1.29 is 14.3 Å². The fourth-order valence-electron chi connectivity index (χ4n) is 3.37. The van der Waals surface area contributed by atoms with E-state index in [1.54, 1.807) is 48.5 Å². The summed E-state index contributed by atoms with van der Waals surface area (Å²) >= 11 is 0. The minimum atomic E-state index is -0.226. The van der Waals surface area contributed by atoms with E-state index in [1.165, 1.54) is 0 Å². The van der Waals surface area contributed by atoms with Crippen molar-refractivity contribution in [1.29, 1.82) is 0 Å². The number of ketones is 2. The summed E-state index contributed by atoms with van der Waals surface area (Å²) in [6.45, 7) is 2.08. The highest BCUT2D eigenvalue weighted by molar-refractivity contribution is 6.27. The molecule has 1 saturated heterocycles. The Morgan fingerprint density at radius 3 is 2.25 bits per heavy atom. The van der Waals surface area contributed by atoms with E-state index in [9.17, 15) is 9.59 Å². The summed E-state index contributed by atoms with van der Waals surface area (Å²) in [6, 6.07) is 13.5. The van der Waals surface area contributed by atoms with E-state index in [4.69, 9.17) is 10.3 Å². The molecule has 4 rings (SSSR count). The first-order chi connectivity index (χ1) is 13.7. The number of azide groups is 1. The Labute approximate surface area is 161 Å². The molecule has 140 valence electrons. The van der Waals surface area contributed by atoms with Gasteiger partial charge in [-0.1, -0.05) is 41.5 Å². The fraction of sp³-hybridized carbons (Fsp3) is 0.200. The predicted molar refractivity (Wildman–Crippen MR) is 103 cm³/mol. The number of benzene rings is 2. The van der Waals surface area contributed by atoms with Crippen LogP contribution in [-0.2, 0) is 4.74 Å². The summed E-state index contributed by atoms with van der Waals surface area (Å²) in [4.78, 5) is 31.1. The van der Waals surface area contributed by atoms with Crippen molar-refractivity contribution in [2.75, 3.05) is 31.6 Å². The van der Waals surface area contributed by atoms with Crippen molar-refractivity contribution in [2.24, 2.45) is 5.11 Å². The van der Waals surface area contributed by atoms with E-state index < -0.39 is 0 Å². The number of carbonyl (C=O) groups is 2. The van der Waals surface area contributed by atoms with Crippen molar-refractivity contribution in [3.8, 4) is 0 Å². The van der Waals surface area contributed by atoms with Crippen LogP contribution in [0.5, 0.6) is 0 Å². The average Bonchev–Trinajstić information content (AvgIpc) is 2.74. The molecule has 1 fully saturated rings. The standard InChI is InChI=1S/C20H17N5O3/c21-24-23-14-7-5-13(6-8-14)22-17-18(25-9-11-28-12-10-25)20(27)16-4-2-1-3-15(16)19(17)26/h1-8,22H,9-12H2. The monoisotopic (exact) mass is 375 g/mol. The Bertz CT molecular complexity index is 1020. The number of ether oxygens (including phenoxy) is 1. The van der Waals surface area contributed by atoms with Gasteiger partial charge in [-0.15, -0.1) is 0 Å². The number of morpholine rings is 1. The van der Waals surface area contributed by atoms with Crippen LogP contribution in [0.4, 0.5) is 11.4 Å². The highest BCUT2D eigenvalue weighted by atomic mass is 16.5. The molecule has 28 heavy (non-hydrogen) atoms.